The normalized spacial score (nSPS) is 11.0. The topological polar surface area (TPSA) is 68.2 Å². The number of aryl methyl sites for hydroxylation is 1. The zero-order chi connectivity index (χ0) is 22.3. The smallest absolute Gasteiger partial charge is 0.256 e. The van der Waals surface area contributed by atoms with E-state index >= 15 is 0 Å². The fraction of sp³-hybridized carbons (Fsp3) is 0.0870. The Bertz CT molecular complexity index is 1420. The van der Waals surface area contributed by atoms with Crippen LogP contribution in [0.25, 0.3) is 15.9 Å². The fourth-order valence-electron chi connectivity index (χ4n) is 3.35. The highest BCUT2D eigenvalue weighted by atomic mass is 35.5. The number of ketones is 1. The summed E-state index contributed by atoms with van der Waals surface area (Å²) in [7, 11) is 0. The van der Waals surface area contributed by atoms with Gasteiger partial charge in [0.15, 0.2) is 5.78 Å². The third-order valence-electron chi connectivity index (χ3n) is 4.77. The number of nitrogens with one attached hydrogen (secondary N) is 1. The number of fused-ring (bicyclic) bond motifs is 1. The van der Waals surface area contributed by atoms with Gasteiger partial charge in [-0.1, -0.05) is 35.1 Å². The van der Waals surface area contributed by atoms with Crippen LogP contribution in [0.15, 0.2) is 59.4 Å². The van der Waals surface area contributed by atoms with Crippen LogP contribution in [0.3, 0.4) is 0 Å². The highest BCUT2D eigenvalue weighted by Crippen LogP contribution is 2.38. The van der Waals surface area contributed by atoms with Crippen LogP contribution in [-0.4, -0.2) is 16.3 Å². The van der Waals surface area contributed by atoms with Gasteiger partial charge in [-0.05, 0) is 48.9 Å². The van der Waals surface area contributed by atoms with E-state index in [4.69, 9.17) is 11.6 Å². The number of carbonyl (C=O) groups is 2. The Kier molecular flexibility index (Phi) is 5.47. The van der Waals surface area contributed by atoms with Crippen LogP contribution in [0.4, 0.5) is 9.39 Å². The van der Waals surface area contributed by atoms with Crippen molar-refractivity contribution in [1.29, 1.82) is 0 Å². The predicted molar refractivity (Wildman–Crippen MR) is 121 cm³/mol. The number of aromatic nitrogens is 1. The standard InChI is InChI=1S/C23H16ClFN2O3S/c1-12-11-14(7-9-17(12)25)21(30)20-15-8-10-19(29)27(18-6-4-3-5-16(18)24)23(15)31-22(20)26-13(2)28/h3-11H,1-2H3,(H,26,28). The lowest BCUT2D eigenvalue weighted by molar-refractivity contribution is -0.114. The van der Waals surface area contributed by atoms with Crippen molar-refractivity contribution in [3.63, 3.8) is 0 Å². The molecule has 4 aromatic rings. The molecule has 0 bridgehead atoms. The van der Waals surface area contributed by atoms with E-state index in [0.29, 0.717) is 31.5 Å². The Labute approximate surface area is 185 Å². The quantitative estimate of drug-likeness (QED) is 0.423. The van der Waals surface area contributed by atoms with E-state index in [1.807, 2.05) is 0 Å². The minimum absolute atomic E-state index is 0.238. The van der Waals surface area contributed by atoms with Crippen LogP contribution in [0, 0.1) is 12.7 Å². The monoisotopic (exact) mass is 454 g/mol. The van der Waals surface area contributed by atoms with E-state index in [1.165, 1.54) is 35.8 Å². The summed E-state index contributed by atoms with van der Waals surface area (Å²) >= 11 is 7.43. The van der Waals surface area contributed by atoms with Crippen LogP contribution >= 0.6 is 22.9 Å². The number of anilines is 1. The molecule has 156 valence electrons. The molecule has 5 nitrogen and oxygen atoms in total. The number of hydrogen-bond donors (Lipinski definition) is 1. The molecule has 0 aliphatic rings. The average molecular weight is 455 g/mol. The van der Waals surface area contributed by atoms with Gasteiger partial charge in [0.05, 0.1) is 16.3 Å². The number of para-hydroxylation sites is 1. The van der Waals surface area contributed by atoms with Crippen molar-refractivity contribution in [3.05, 3.63) is 92.5 Å². The molecular formula is C23H16ClFN2O3S. The summed E-state index contributed by atoms with van der Waals surface area (Å²) in [5, 5.41) is 3.85. The van der Waals surface area contributed by atoms with Crippen molar-refractivity contribution in [2.45, 2.75) is 13.8 Å². The van der Waals surface area contributed by atoms with Crippen molar-refractivity contribution in [3.8, 4) is 5.69 Å². The molecule has 0 radical (unpaired) electrons. The molecule has 1 N–H and O–H groups in total. The highest BCUT2D eigenvalue weighted by molar-refractivity contribution is 7.23. The van der Waals surface area contributed by atoms with E-state index in [2.05, 4.69) is 5.32 Å². The first kappa shape index (κ1) is 21.0. The number of halogens is 2. The highest BCUT2D eigenvalue weighted by Gasteiger charge is 2.24. The number of hydrogen-bond acceptors (Lipinski definition) is 4. The number of pyridine rings is 1. The second kappa shape index (κ2) is 8.09. The van der Waals surface area contributed by atoms with Gasteiger partial charge in [-0.2, -0.15) is 0 Å². The number of rotatable bonds is 4. The molecule has 0 unspecified atom stereocenters. The third kappa shape index (κ3) is 3.78. The Hall–Kier alpha value is -3.29. The molecule has 0 spiro atoms. The summed E-state index contributed by atoms with van der Waals surface area (Å²) in [5.41, 5.74) is 0.988. The number of benzene rings is 2. The second-order valence-corrected chi connectivity index (χ2v) is 8.36. The maximum atomic E-state index is 13.7. The van der Waals surface area contributed by atoms with Crippen molar-refractivity contribution in [1.82, 2.24) is 4.57 Å². The van der Waals surface area contributed by atoms with Gasteiger partial charge >= 0.3 is 0 Å². The lowest BCUT2D eigenvalue weighted by Gasteiger charge is -2.09. The number of thiophene rings is 1. The first-order valence-corrected chi connectivity index (χ1v) is 10.5. The number of carbonyl (C=O) groups excluding carboxylic acids is 2. The number of nitrogens with zero attached hydrogens (tertiary/aromatic N) is 1. The van der Waals surface area contributed by atoms with E-state index in [0.717, 1.165) is 11.3 Å². The molecule has 0 atom stereocenters. The van der Waals surface area contributed by atoms with Gasteiger partial charge in [-0.15, -0.1) is 0 Å². The fourth-order valence-corrected chi connectivity index (χ4v) is 4.82. The van der Waals surface area contributed by atoms with Gasteiger partial charge in [0.2, 0.25) is 5.91 Å². The van der Waals surface area contributed by atoms with Gasteiger partial charge in [0, 0.05) is 23.9 Å². The van der Waals surface area contributed by atoms with Crippen LogP contribution in [0.2, 0.25) is 5.02 Å². The van der Waals surface area contributed by atoms with Crippen molar-refractivity contribution < 1.29 is 14.0 Å². The first-order valence-electron chi connectivity index (χ1n) is 9.30. The molecule has 2 heterocycles. The average Bonchev–Trinajstić information content (AvgIpc) is 3.07. The summed E-state index contributed by atoms with van der Waals surface area (Å²) in [6.07, 6.45) is 0. The molecule has 2 aromatic heterocycles. The SMILES string of the molecule is CC(=O)Nc1sc2c(ccc(=O)n2-c2ccccc2Cl)c1C(=O)c1ccc(F)c(C)c1. The molecule has 0 aliphatic heterocycles. The maximum absolute atomic E-state index is 13.7. The van der Waals surface area contributed by atoms with E-state index in [-0.39, 0.29) is 28.4 Å². The summed E-state index contributed by atoms with van der Waals surface area (Å²) < 4.78 is 15.1. The lowest BCUT2D eigenvalue weighted by atomic mass is 10.0. The van der Waals surface area contributed by atoms with Crippen LogP contribution in [0.5, 0.6) is 0 Å². The Balaban J connectivity index is 2.03. The largest absolute Gasteiger partial charge is 0.317 e. The van der Waals surface area contributed by atoms with E-state index in [9.17, 15) is 18.8 Å². The van der Waals surface area contributed by atoms with Gasteiger partial charge in [0.25, 0.3) is 5.56 Å². The zero-order valence-corrected chi connectivity index (χ0v) is 18.1. The minimum atomic E-state index is -0.415. The molecule has 4 rings (SSSR count). The van der Waals surface area contributed by atoms with Gasteiger partial charge in [-0.3, -0.25) is 19.0 Å². The lowest BCUT2D eigenvalue weighted by Crippen LogP contribution is -2.17. The number of amides is 1. The van der Waals surface area contributed by atoms with Crippen LogP contribution in [-0.2, 0) is 4.79 Å². The molecule has 0 fully saturated rings. The zero-order valence-electron chi connectivity index (χ0n) is 16.5. The van der Waals surface area contributed by atoms with Crippen LogP contribution < -0.4 is 10.9 Å². The summed E-state index contributed by atoms with van der Waals surface area (Å²) in [6.45, 7) is 2.91. The minimum Gasteiger partial charge on any atom is -0.317 e. The summed E-state index contributed by atoms with van der Waals surface area (Å²) in [4.78, 5) is 38.4. The third-order valence-corrected chi connectivity index (χ3v) is 6.20. The van der Waals surface area contributed by atoms with Gasteiger partial charge < -0.3 is 5.32 Å². The Morgan fingerprint density at radius 2 is 1.84 bits per heavy atom. The molecule has 1 amide bonds. The van der Waals surface area contributed by atoms with Crippen molar-refractivity contribution >= 4 is 49.8 Å². The molecule has 2 aromatic carbocycles. The summed E-state index contributed by atoms with van der Waals surface area (Å²) in [6, 6.07) is 13.9. The van der Waals surface area contributed by atoms with Gasteiger partial charge in [0.1, 0.15) is 15.6 Å². The molecule has 0 saturated heterocycles. The predicted octanol–water partition coefficient (Wildman–Crippen LogP) is 5.34. The molecule has 8 heteroatoms. The Morgan fingerprint density at radius 3 is 2.52 bits per heavy atom. The van der Waals surface area contributed by atoms with E-state index in [1.54, 1.807) is 37.3 Å². The van der Waals surface area contributed by atoms with Gasteiger partial charge in [-0.25, -0.2) is 4.39 Å². The van der Waals surface area contributed by atoms with Crippen molar-refractivity contribution in [2.75, 3.05) is 5.32 Å². The Morgan fingerprint density at radius 1 is 1.10 bits per heavy atom. The second-order valence-electron chi connectivity index (χ2n) is 6.96. The van der Waals surface area contributed by atoms with Crippen LogP contribution in [0.1, 0.15) is 28.4 Å². The van der Waals surface area contributed by atoms with E-state index < -0.39 is 5.82 Å². The first-order chi connectivity index (χ1) is 14.8. The molecule has 0 aliphatic carbocycles. The summed E-state index contributed by atoms with van der Waals surface area (Å²) in [5.74, 6) is -1.16. The molecule has 31 heavy (non-hydrogen) atoms. The maximum Gasteiger partial charge on any atom is 0.256 e. The van der Waals surface area contributed by atoms with Crippen molar-refractivity contribution in [2.24, 2.45) is 0 Å². The molecule has 0 saturated carbocycles. The molecular weight excluding hydrogens is 439 g/mol.